The van der Waals surface area contributed by atoms with E-state index in [9.17, 15) is 9.00 Å². The number of hydrogen-bond acceptors (Lipinski definition) is 3. The molecule has 1 amide bonds. The number of rotatable bonds is 6. The van der Waals surface area contributed by atoms with Crippen molar-refractivity contribution >= 4 is 16.7 Å². The minimum atomic E-state index is -0.787. The molecule has 0 radical (unpaired) electrons. The monoisotopic (exact) mass is 274 g/mol. The lowest BCUT2D eigenvalue weighted by molar-refractivity contribution is -0.131. The Kier molecular flexibility index (Phi) is 5.79. The summed E-state index contributed by atoms with van der Waals surface area (Å²) in [6.45, 7) is 8.30. The molecule has 1 saturated heterocycles. The number of amides is 1. The van der Waals surface area contributed by atoms with Crippen LogP contribution in [0.2, 0.25) is 0 Å². The topological polar surface area (TPSA) is 49.4 Å². The van der Waals surface area contributed by atoms with Crippen LogP contribution in [0.5, 0.6) is 0 Å². The number of nitrogens with one attached hydrogen (secondary N) is 1. The molecule has 4 unspecified atom stereocenters. The van der Waals surface area contributed by atoms with Gasteiger partial charge >= 0.3 is 0 Å². The SMILES string of the molecule is CC(C)CC1NC(C)C(=O)N1C(C)CCS(C)=O. The van der Waals surface area contributed by atoms with E-state index >= 15 is 0 Å². The molecule has 4 atom stereocenters. The molecule has 0 aromatic heterocycles. The summed E-state index contributed by atoms with van der Waals surface area (Å²) in [6.07, 6.45) is 3.62. The summed E-state index contributed by atoms with van der Waals surface area (Å²) in [7, 11) is -0.787. The van der Waals surface area contributed by atoms with Crippen LogP contribution < -0.4 is 5.32 Å². The van der Waals surface area contributed by atoms with Gasteiger partial charge < -0.3 is 4.90 Å². The van der Waals surface area contributed by atoms with E-state index in [0.717, 1.165) is 12.8 Å². The highest BCUT2D eigenvalue weighted by Gasteiger charge is 2.38. The molecule has 0 bridgehead atoms. The van der Waals surface area contributed by atoms with Crippen LogP contribution in [0, 0.1) is 5.92 Å². The highest BCUT2D eigenvalue weighted by atomic mass is 32.2. The van der Waals surface area contributed by atoms with E-state index in [1.54, 1.807) is 6.26 Å². The molecular weight excluding hydrogens is 248 g/mol. The molecule has 0 aliphatic carbocycles. The Labute approximate surface area is 113 Å². The summed E-state index contributed by atoms with van der Waals surface area (Å²) in [5, 5.41) is 3.35. The second kappa shape index (κ2) is 6.66. The molecule has 0 aromatic carbocycles. The van der Waals surface area contributed by atoms with Crippen LogP contribution in [0.3, 0.4) is 0 Å². The van der Waals surface area contributed by atoms with E-state index in [4.69, 9.17) is 0 Å². The Morgan fingerprint density at radius 1 is 1.39 bits per heavy atom. The van der Waals surface area contributed by atoms with Gasteiger partial charge in [-0.05, 0) is 32.6 Å². The zero-order valence-corrected chi connectivity index (χ0v) is 12.9. The predicted molar refractivity (Wildman–Crippen MR) is 75.7 cm³/mol. The van der Waals surface area contributed by atoms with Crippen molar-refractivity contribution in [2.75, 3.05) is 12.0 Å². The first-order valence-corrected chi connectivity index (χ1v) is 8.44. The minimum absolute atomic E-state index is 0.0941. The van der Waals surface area contributed by atoms with Crippen molar-refractivity contribution in [1.82, 2.24) is 10.2 Å². The Morgan fingerprint density at radius 3 is 2.50 bits per heavy atom. The van der Waals surface area contributed by atoms with Gasteiger partial charge in [-0.25, -0.2) is 0 Å². The summed E-state index contributed by atoms with van der Waals surface area (Å²) < 4.78 is 11.2. The quantitative estimate of drug-likeness (QED) is 0.795. The van der Waals surface area contributed by atoms with E-state index in [-0.39, 0.29) is 24.2 Å². The first-order chi connectivity index (χ1) is 8.32. The van der Waals surface area contributed by atoms with Crippen molar-refractivity contribution in [3.05, 3.63) is 0 Å². The van der Waals surface area contributed by atoms with Gasteiger partial charge in [0.05, 0.1) is 12.2 Å². The van der Waals surface area contributed by atoms with Crippen molar-refractivity contribution in [3.63, 3.8) is 0 Å². The van der Waals surface area contributed by atoms with Crippen LogP contribution in [0.4, 0.5) is 0 Å². The minimum Gasteiger partial charge on any atom is -0.323 e. The van der Waals surface area contributed by atoms with Crippen LogP contribution in [0.1, 0.15) is 40.5 Å². The van der Waals surface area contributed by atoms with Gasteiger partial charge in [0.25, 0.3) is 0 Å². The van der Waals surface area contributed by atoms with Crippen molar-refractivity contribution in [2.24, 2.45) is 5.92 Å². The molecule has 18 heavy (non-hydrogen) atoms. The molecule has 4 nitrogen and oxygen atoms in total. The highest BCUT2D eigenvalue weighted by molar-refractivity contribution is 7.84. The van der Waals surface area contributed by atoms with Gasteiger partial charge in [0.2, 0.25) is 5.91 Å². The second-order valence-electron chi connectivity index (χ2n) is 5.69. The molecule has 106 valence electrons. The Morgan fingerprint density at radius 2 is 2.00 bits per heavy atom. The van der Waals surface area contributed by atoms with Gasteiger partial charge in [0, 0.05) is 28.9 Å². The molecule has 0 spiro atoms. The van der Waals surface area contributed by atoms with Crippen molar-refractivity contribution < 1.29 is 9.00 Å². The third-order valence-corrected chi connectivity index (χ3v) is 4.21. The molecule has 1 heterocycles. The average Bonchev–Trinajstić information content (AvgIpc) is 2.50. The fourth-order valence-electron chi connectivity index (χ4n) is 2.45. The predicted octanol–water partition coefficient (Wildman–Crippen LogP) is 1.34. The summed E-state index contributed by atoms with van der Waals surface area (Å²) in [5.41, 5.74) is 0. The Hall–Kier alpha value is -0.420. The van der Waals surface area contributed by atoms with Crippen LogP contribution in [0.25, 0.3) is 0 Å². The number of carbonyl (C=O) groups is 1. The van der Waals surface area contributed by atoms with Crippen molar-refractivity contribution in [1.29, 1.82) is 0 Å². The zero-order valence-electron chi connectivity index (χ0n) is 12.1. The zero-order chi connectivity index (χ0) is 13.9. The highest BCUT2D eigenvalue weighted by Crippen LogP contribution is 2.21. The summed E-state index contributed by atoms with van der Waals surface area (Å²) in [6, 6.07) is 0.0610. The molecule has 1 aliphatic heterocycles. The lowest BCUT2D eigenvalue weighted by Crippen LogP contribution is -2.44. The van der Waals surface area contributed by atoms with E-state index in [1.807, 2.05) is 11.8 Å². The third kappa shape index (κ3) is 4.05. The number of nitrogens with zero attached hydrogens (tertiary/aromatic N) is 1. The molecule has 0 saturated carbocycles. The first kappa shape index (κ1) is 15.6. The lowest BCUT2D eigenvalue weighted by Gasteiger charge is -2.31. The number of hydrogen-bond donors (Lipinski definition) is 1. The van der Waals surface area contributed by atoms with E-state index in [0.29, 0.717) is 11.7 Å². The van der Waals surface area contributed by atoms with Crippen LogP contribution in [0.15, 0.2) is 0 Å². The van der Waals surface area contributed by atoms with Crippen LogP contribution in [-0.2, 0) is 15.6 Å². The van der Waals surface area contributed by atoms with E-state index in [2.05, 4.69) is 26.1 Å². The van der Waals surface area contributed by atoms with Gasteiger partial charge in [-0.1, -0.05) is 13.8 Å². The summed E-state index contributed by atoms with van der Waals surface area (Å²) in [5.74, 6) is 1.39. The fourth-order valence-corrected chi connectivity index (χ4v) is 3.12. The molecule has 5 heteroatoms. The van der Waals surface area contributed by atoms with Crippen molar-refractivity contribution in [2.45, 2.75) is 58.8 Å². The van der Waals surface area contributed by atoms with Crippen molar-refractivity contribution in [3.8, 4) is 0 Å². The maximum absolute atomic E-state index is 12.2. The summed E-state index contributed by atoms with van der Waals surface area (Å²) >= 11 is 0. The van der Waals surface area contributed by atoms with Gasteiger partial charge in [-0.15, -0.1) is 0 Å². The summed E-state index contributed by atoms with van der Waals surface area (Å²) in [4.78, 5) is 14.1. The van der Waals surface area contributed by atoms with Gasteiger partial charge in [0.1, 0.15) is 0 Å². The first-order valence-electron chi connectivity index (χ1n) is 6.71. The molecule has 1 N–H and O–H groups in total. The second-order valence-corrected chi connectivity index (χ2v) is 7.25. The standard InChI is InChI=1S/C13H26N2O2S/c1-9(2)8-12-14-11(4)13(16)15(12)10(3)6-7-18(5)17/h9-12,14H,6-8H2,1-5H3. The van der Waals surface area contributed by atoms with E-state index < -0.39 is 10.8 Å². The maximum Gasteiger partial charge on any atom is 0.240 e. The van der Waals surface area contributed by atoms with Gasteiger partial charge in [0.15, 0.2) is 0 Å². The van der Waals surface area contributed by atoms with Gasteiger partial charge in [-0.2, -0.15) is 0 Å². The number of carbonyl (C=O) groups excluding carboxylic acids is 1. The smallest absolute Gasteiger partial charge is 0.240 e. The van der Waals surface area contributed by atoms with E-state index in [1.165, 1.54) is 0 Å². The fraction of sp³-hybridized carbons (Fsp3) is 0.923. The molecular formula is C13H26N2O2S. The van der Waals surface area contributed by atoms with Crippen LogP contribution in [-0.4, -0.2) is 45.3 Å². The lowest BCUT2D eigenvalue weighted by atomic mass is 10.1. The molecule has 1 rings (SSSR count). The third-order valence-electron chi connectivity index (χ3n) is 3.40. The largest absolute Gasteiger partial charge is 0.323 e. The molecule has 0 aromatic rings. The molecule has 1 fully saturated rings. The van der Waals surface area contributed by atoms with Crippen LogP contribution >= 0.6 is 0 Å². The average molecular weight is 274 g/mol. The Bertz CT molecular complexity index is 320. The normalized spacial score (nSPS) is 27.9. The maximum atomic E-state index is 12.2. The Balaban J connectivity index is 2.67. The van der Waals surface area contributed by atoms with Gasteiger partial charge in [-0.3, -0.25) is 14.3 Å². The molecule has 1 aliphatic rings.